The van der Waals surface area contributed by atoms with Crippen molar-refractivity contribution in [2.24, 2.45) is 0 Å². The monoisotopic (exact) mass is 222 g/mol. The first kappa shape index (κ1) is 12.2. The molecule has 86 valence electrons. The Morgan fingerprint density at radius 1 is 1.62 bits per heavy atom. The summed E-state index contributed by atoms with van der Waals surface area (Å²) in [7, 11) is 1.59. The zero-order valence-corrected chi connectivity index (χ0v) is 9.14. The van der Waals surface area contributed by atoms with E-state index in [1.165, 1.54) is 12.4 Å². The molecule has 0 aliphatic rings. The van der Waals surface area contributed by atoms with Crippen LogP contribution in [0.5, 0.6) is 0 Å². The number of H-pyrrole nitrogens is 1. The van der Waals surface area contributed by atoms with Gasteiger partial charge in [-0.05, 0) is 0 Å². The summed E-state index contributed by atoms with van der Waals surface area (Å²) >= 11 is 0. The van der Waals surface area contributed by atoms with Crippen molar-refractivity contribution in [1.29, 1.82) is 5.26 Å². The summed E-state index contributed by atoms with van der Waals surface area (Å²) in [4.78, 5) is 19.8. The number of rotatable bonds is 6. The van der Waals surface area contributed by atoms with Crippen LogP contribution in [-0.4, -0.2) is 36.8 Å². The average Bonchev–Trinajstić information content (AvgIpc) is 2.31. The van der Waals surface area contributed by atoms with Crippen molar-refractivity contribution in [3.63, 3.8) is 0 Å². The minimum absolute atomic E-state index is 0.253. The normalized spacial score (nSPS) is 9.75. The molecule has 0 bridgehead atoms. The van der Waals surface area contributed by atoms with E-state index in [2.05, 4.69) is 9.97 Å². The Labute approximate surface area is 93.5 Å². The second kappa shape index (κ2) is 6.58. The Morgan fingerprint density at radius 2 is 2.44 bits per heavy atom. The van der Waals surface area contributed by atoms with Gasteiger partial charge in [0.1, 0.15) is 0 Å². The molecule has 0 fully saturated rings. The van der Waals surface area contributed by atoms with Gasteiger partial charge in [0, 0.05) is 32.6 Å². The lowest BCUT2D eigenvalue weighted by atomic mass is 10.4. The number of ether oxygens (including phenoxy) is 1. The van der Waals surface area contributed by atoms with Crippen LogP contribution < -0.4 is 10.5 Å². The Bertz CT molecular complexity index is 410. The van der Waals surface area contributed by atoms with Gasteiger partial charge in [-0.15, -0.1) is 0 Å². The number of hydrogen-bond acceptors (Lipinski definition) is 5. The molecule has 0 aromatic carbocycles. The first-order valence-corrected chi connectivity index (χ1v) is 4.94. The highest BCUT2D eigenvalue weighted by Gasteiger charge is 2.10. The highest BCUT2D eigenvalue weighted by atomic mass is 16.5. The smallest absolute Gasteiger partial charge is 0.290 e. The predicted molar refractivity (Wildman–Crippen MR) is 59.2 cm³/mol. The first-order valence-electron chi connectivity index (χ1n) is 4.94. The van der Waals surface area contributed by atoms with Crippen molar-refractivity contribution in [2.75, 3.05) is 31.7 Å². The Balaban J connectivity index is 2.79. The van der Waals surface area contributed by atoms with E-state index in [0.29, 0.717) is 31.9 Å². The summed E-state index contributed by atoms with van der Waals surface area (Å²) in [5.74, 6) is 0.329. The topological polar surface area (TPSA) is 82.0 Å². The third-order valence-electron chi connectivity index (χ3n) is 2.05. The number of methoxy groups -OCH3 is 1. The third kappa shape index (κ3) is 3.37. The zero-order chi connectivity index (χ0) is 11.8. The van der Waals surface area contributed by atoms with Crippen molar-refractivity contribution >= 4 is 5.82 Å². The van der Waals surface area contributed by atoms with Crippen LogP contribution >= 0.6 is 0 Å². The maximum absolute atomic E-state index is 11.5. The molecule has 6 nitrogen and oxygen atoms in total. The summed E-state index contributed by atoms with van der Waals surface area (Å²) in [5.41, 5.74) is -0.253. The van der Waals surface area contributed by atoms with Gasteiger partial charge in [-0.25, -0.2) is 4.98 Å². The number of aromatic nitrogens is 2. The highest BCUT2D eigenvalue weighted by molar-refractivity contribution is 5.35. The van der Waals surface area contributed by atoms with E-state index in [4.69, 9.17) is 10.00 Å². The van der Waals surface area contributed by atoms with Gasteiger partial charge in [-0.2, -0.15) is 5.26 Å². The van der Waals surface area contributed by atoms with Crippen molar-refractivity contribution in [3.8, 4) is 6.07 Å². The minimum atomic E-state index is -0.253. The van der Waals surface area contributed by atoms with Crippen LogP contribution in [0.2, 0.25) is 0 Å². The molecule has 1 rings (SSSR count). The Morgan fingerprint density at radius 3 is 3.06 bits per heavy atom. The summed E-state index contributed by atoms with van der Waals surface area (Å²) in [5, 5.41) is 8.54. The molecule has 0 aliphatic heterocycles. The summed E-state index contributed by atoms with van der Waals surface area (Å²) in [6.07, 6.45) is 3.34. The quantitative estimate of drug-likeness (QED) is 0.740. The molecule has 1 aromatic rings. The fourth-order valence-electron chi connectivity index (χ4n) is 1.28. The fraction of sp³-hybridized carbons (Fsp3) is 0.500. The Kier molecular flexibility index (Phi) is 5.02. The number of aromatic amines is 1. The lowest BCUT2D eigenvalue weighted by Crippen LogP contribution is -2.33. The number of nitrogens with zero attached hydrogens (tertiary/aromatic N) is 3. The van der Waals surface area contributed by atoms with Crippen LogP contribution in [0, 0.1) is 11.3 Å². The van der Waals surface area contributed by atoms with Gasteiger partial charge in [0.25, 0.3) is 5.56 Å². The van der Waals surface area contributed by atoms with Gasteiger partial charge in [-0.3, -0.25) is 4.79 Å². The molecule has 16 heavy (non-hydrogen) atoms. The van der Waals surface area contributed by atoms with E-state index in [0.717, 1.165) is 0 Å². The standard InChI is InChI=1S/C10H14N4O2/c1-16-8-7-14(6-2-3-11)9-10(15)13-5-4-12-9/h4-5H,2,6-8H2,1H3,(H,13,15). The highest BCUT2D eigenvalue weighted by Crippen LogP contribution is 2.02. The molecule has 1 aromatic heterocycles. The molecule has 1 N–H and O–H groups in total. The summed E-state index contributed by atoms with van der Waals surface area (Å²) in [6, 6.07) is 2.04. The molecule has 0 spiro atoms. The third-order valence-corrected chi connectivity index (χ3v) is 2.05. The predicted octanol–water partition coefficient (Wildman–Crippen LogP) is 0.136. The zero-order valence-electron chi connectivity index (χ0n) is 9.14. The first-order chi connectivity index (χ1) is 7.79. The molecule has 0 atom stereocenters. The van der Waals surface area contributed by atoms with Crippen molar-refractivity contribution in [2.45, 2.75) is 6.42 Å². The van der Waals surface area contributed by atoms with Crippen molar-refractivity contribution in [1.82, 2.24) is 9.97 Å². The fourth-order valence-corrected chi connectivity index (χ4v) is 1.28. The van der Waals surface area contributed by atoms with Crippen LogP contribution in [0.4, 0.5) is 5.82 Å². The Hall–Kier alpha value is -1.87. The molecule has 1 heterocycles. The maximum atomic E-state index is 11.5. The van der Waals surface area contributed by atoms with E-state index in [1.54, 1.807) is 12.0 Å². The van der Waals surface area contributed by atoms with E-state index >= 15 is 0 Å². The van der Waals surface area contributed by atoms with Crippen LogP contribution in [0.25, 0.3) is 0 Å². The van der Waals surface area contributed by atoms with Crippen molar-refractivity contribution in [3.05, 3.63) is 22.7 Å². The van der Waals surface area contributed by atoms with Gasteiger partial charge in [-0.1, -0.05) is 0 Å². The van der Waals surface area contributed by atoms with E-state index < -0.39 is 0 Å². The average molecular weight is 222 g/mol. The van der Waals surface area contributed by atoms with Gasteiger partial charge in [0.15, 0.2) is 5.82 Å². The molecule has 6 heteroatoms. The SMILES string of the molecule is COCCN(CCC#N)c1ncc[nH]c1=O. The van der Waals surface area contributed by atoms with Gasteiger partial charge >= 0.3 is 0 Å². The molecule has 0 unspecified atom stereocenters. The van der Waals surface area contributed by atoms with Gasteiger partial charge < -0.3 is 14.6 Å². The molecule has 0 amide bonds. The minimum Gasteiger partial charge on any atom is -0.383 e. The largest absolute Gasteiger partial charge is 0.383 e. The molecule has 0 saturated carbocycles. The molecular weight excluding hydrogens is 208 g/mol. The molecular formula is C10H14N4O2. The molecule has 0 aliphatic carbocycles. The number of nitrogens with one attached hydrogen (secondary N) is 1. The number of anilines is 1. The lowest BCUT2D eigenvalue weighted by molar-refractivity contribution is 0.205. The van der Waals surface area contributed by atoms with E-state index in [9.17, 15) is 4.79 Å². The maximum Gasteiger partial charge on any atom is 0.290 e. The van der Waals surface area contributed by atoms with Crippen molar-refractivity contribution < 1.29 is 4.74 Å². The number of hydrogen-bond donors (Lipinski definition) is 1. The number of nitriles is 1. The molecule has 0 saturated heterocycles. The lowest BCUT2D eigenvalue weighted by Gasteiger charge is -2.20. The molecule has 0 radical (unpaired) electrons. The van der Waals surface area contributed by atoms with Crippen LogP contribution in [0.1, 0.15) is 6.42 Å². The van der Waals surface area contributed by atoms with E-state index in [-0.39, 0.29) is 5.56 Å². The van der Waals surface area contributed by atoms with Crippen LogP contribution in [-0.2, 0) is 4.74 Å². The van der Waals surface area contributed by atoms with Gasteiger partial charge in [0.05, 0.1) is 19.1 Å². The summed E-state index contributed by atoms with van der Waals surface area (Å²) in [6.45, 7) is 1.50. The summed E-state index contributed by atoms with van der Waals surface area (Å²) < 4.78 is 4.95. The second-order valence-corrected chi connectivity index (χ2v) is 3.13. The van der Waals surface area contributed by atoms with Crippen LogP contribution in [0.3, 0.4) is 0 Å². The van der Waals surface area contributed by atoms with E-state index in [1.807, 2.05) is 6.07 Å². The van der Waals surface area contributed by atoms with Crippen LogP contribution in [0.15, 0.2) is 17.2 Å². The second-order valence-electron chi connectivity index (χ2n) is 3.13. The van der Waals surface area contributed by atoms with Gasteiger partial charge in [0.2, 0.25) is 0 Å².